The van der Waals surface area contributed by atoms with Gasteiger partial charge in [-0.1, -0.05) is 45.4 Å². The molecule has 1 aromatic rings. The summed E-state index contributed by atoms with van der Waals surface area (Å²) in [5.41, 5.74) is 9.08. The summed E-state index contributed by atoms with van der Waals surface area (Å²) < 4.78 is 0. The highest BCUT2D eigenvalue weighted by Crippen LogP contribution is 2.23. The van der Waals surface area contributed by atoms with E-state index in [0.29, 0.717) is 18.9 Å². The Morgan fingerprint density at radius 1 is 1.14 bits per heavy atom. The number of rotatable bonds is 9. The molecule has 0 fully saturated rings. The lowest BCUT2D eigenvalue weighted by Gasteiger charge is -2.16. The maximum Gasteiger partial charge on any atom is 0.224 e. The summed E-state index contributed by atoms with van der Waals surface area (Å²) >= 11 is 0. The number of para-hydroxylation sites is 1. The molecule has 0 saturated heterocycles. The van der Waals surface area contributed by atoms with Crippen LogP contribution in [0.15, 0.2) is 18.2 Å². The highest BCUT2D eigenvalue weighted by atomic mass is 16.1. The molecule has 0 heterocycles. The topological polar surface area (TPSA) is 55.1 Å². The fraction of sp³-hybridized carbons (Fsp3) is 0.611. The third-order valence-corrected chi connectivity index (χ3v) is 4.20. The Hall–Kier alpha value is -1.35. The van der Waals surface area contributed by atoms with E-state index >= 15 is 0 Å². The molecule has 0 aliphatic rings. The summed E-state index contributed by atoms with van der Waals surface area (Å²) in [7, 11) is 0. The predicted octanol–water partition coefficient (Wildman–Crippen LogP) is 3.91. The van der Waals surface area contributed by atoms with Gasteiger partial charge in [0.25, 0.3) is 0 Å². The number of amides is 1. The highest BCUT2D eigenvalue weighted by molar-refractivity contribution is 5.92. The van der Waals surface area contributed by atoms with Crippen LogP contribution in [0.4, 0.5) is 5.69 Å². The van der Waals surface area contributed by atoms with Crippen LogP contribution in [0.25, 0.3) is 0 Å². The zero-order valence-electron chi connectivity index (χ0n) is 13.7. The summed E-state index contributed by atoms with van der Waals surface area (Å²) in [5.74, 6) is 0.689. The van der Waals surface area contributed by atoms with Crippen LogP contribution in [-0.4, -0.2) is 12.5 Å². The number of aryl methyl sites for hydroxylation is 2. The van der Waals surface area contributed by atoms with E-state index in [2.05, 4.69) is 44.3 Å². The van der Waals surface area contributed by atoms with Crippen molar-refractivity contribution in [2.45, 2.75) is 59.3 Å². The second-order valence-electron chi connectivity index (χ2n) is 5.60. The molecule has 118 valence electrons. The maximum atomic E-state index is 12.2. The van der Waals surface area contributed by atoms with Gasteiger partial charge in [0.15, 0.2) is 0 Å². The second kappa shape index (κ2) is 9.56. The molecular weight excluding hydrogens is 260 g/mol. The van der Waals surface area contributed by atoms with E-state index in [9.17, 15) is 4.79 Å². The maximum absolute atomic E-state index is 12.2. The smallest absolute Gasteiger partial charge is 0.224 e. The first-order valence-corrected chi connectivity index (χ1v) is 8.26. The lowest BCUT2D eigenvalue weighted by Crippen LogP contribution is -2.17. The summed E-state index contributed by atoms with van der Waals surface area (Å²) in [6.45, 7) is 7.12. The van der Waals surface area contributed by atoms with E-state index in [1.54, 1.807) is 0 Å². The van der Waals surface area contributed by atoms with Gasteiger partial charge in [-0.3, -0.25) is 4.79 Å². The molecule has 0 bridgehead atoms. The molecule has 21 heavy (non-hydrogen) atoms. The largest absolute Gasteiger partial charge is 0.330 e. The quantitative estimate of drug-likeness (QED) is 0.724. The van der Waals surface area contributed by atoms with Crippen LogP contribution in [0.5, 0.6) is 0 Å². The number of carbonyl (C=O) groups excluding carboxylic acids is 1. The second-order valence-corrected chi connectivity index (χ2v) is 5.60. The number of nitrogens with one attached hydrogen (secondary N) is 1. The molecule has 1 amide bonds. The molecule has 3 N–H and O–H groups in total. The minimum absolute atomic E-state index is 0.126. The first-order chi connectivity index (χ1) is 10.2. The van der Waals surface area contributed by atoms with E-state index in [4.69, 9.17) is 5.73 Å². The average molecular weight is 290 g/mol. The summed E-state index contributed by atoms with van der Waals surface area (Å²) in [6.07, 6.45) is 5.49. The van der Waals surface area contributed by atoms with Crippen molar-refractivity contribution in [3.63, 3.8) is 0 Å². The van der Waals surface area contributed by atoms with Gasteiger partial charge in [0, 0.05) is 12.1 Å². The molecule has 1 atom stereocenters. The minimum Gasteiger partial charge on any atom is -0.330 e. The molecule has 1 unspecified atom stereocenters. The number of benzene rings is 1. The Bertz CT molecular complexity index is 421. The Labute approximate surface area is 129 Å². The molecule has 1 rings (SSSR count). The van der Waals surface area contributed by atoms with Gasteiger partial charge in [-0.2, -0.15) is 0 Å². The molecule has 3 nitrogen and oxygen atoms in total. The zero-order chi connectivity index (χ0) is 15.7. The van der Waals surface area contributed by atoms with E-state index < -0.39 is 0 Å². The van der Waals surface area contributed by atoms with Crippen LogP contribution in [0.2, 0.25) is 0 Å². The Balaban J connectivity index is 2.66. The molecule has 0 spiro atoms. The normalized spacial score (nSPS) is 12.2. The van der Waals surface area contributed by atoms with E-state index in [0.717, 1.165) is 37.8 Å². The summed E-state index contributed by atoms with van der Waals surface area (Å²) in [5, 5.41) is 3.13. The Morgan fingerprint density at radius 2 is 1.76 bits per heavy atom. The van der Waals surface area contributed by atoms with Crippen molar-refractivity contribution in [2.24, 2.45) is 11.7 Å². The van der Waals surface area contributed by atoms with Crippen LogP contribution in [0.3, 0.4) is 0 Å². The van der Waals surface area contributed by atoms with Gasteiger partial charge in [-0.15, -0.1) is 0 Å². The zero-order valence-corrected chi connectivity index (χ0v) is 13.7. The first kappa shape index (κ1) is 17.7. The highest BCUT2D eigenvalue weighted by Gasteiger charge is 2.12. The van der Waals surface area contributed by atoms with Crippen molar-refractivity contribution < 1.29 is 4.79 Å². The molecule has 0 aliphatic carbocycles. The van der Waals surface area contributed by atoms with Crippen molar-refractivity contribution in [1.29, 1.82) is 0 Å². The number of nitrogens with two attached hydrogens (primary N) is 1. The summed E-state index contributed by atoms with van der Waals surface area (Å²) in [4.78, 5) is 12.2. The Morgan fingerprint density at radius 3 is 2.24 bits per heavy atom. The van der Waals surface area contributed by atoms with E-state index in [1.807, 2.05) is 0 Å². The number of carbonyl (C=O) groups is 1. The van der Waals surface area contributed by atoms with Crippen molar-refractivity contribution in [3.05, 3.63) is 29.3 Å². The minimum atomic E-state index is 0.126. The van der Waals surface area contributed by atoms with Crippen molar-refractivity contribution in [1.82, 2.24) is 0 Å². The van der Waals surface area contributed by atoms with Gasteiger partial charge in [0.1, 0.15) is 0 Å². The van der Waals surface area contributed by atoms with Crippen molar-refractivity contribution in [3.8, 4) is 0 Å². The van der Waals surface area contributed by atoms with Gasteiger partial charge >= 0.3 is 0 Å². The molecule has 0 aromatic heterocycles. The van der Waals surface area contributed by atoms with Crippen molar-refractivity contribution in [2.75, 3.05) is 11.9 Å². The van der Waals surface area contributed by atoms with Gasteiger partial charge in [-0.25, -0.2) is 0 Å². The van der Waals surface area contributed by atoms with Gasteiger partial charge in [0.2, 0.25) is 5.91 Å². The van der Waals surface area contributed by atoms with Crippen LogP contribution in [0, 0.1) is 5.92 Å². The van der Waals surface area contributed by atoms with E-state index in [1.165, 1.54) is 11.1 Å². The third-order valence-electron chi connectivity index (χ3n) is 4.20. The number of hydrogen-bond donors (Lipinski definition) is 2. The fourth-order valence-corrected chi connectivity index (χ4v) is 2.73. The number of anilines is 1. The SMILES string of the molecule is CCc1cccc(CC)c1NC(=O)CCC(CC)CCN. The van der Waals surface area contributed by atoms with Crippen LogP contribution < -0.4 is 11.1 Å². The Kier molecular flexibility index (Phi) is 8.06. The van der Waals surface area contributed by atoms with Gasteiger partial charge < -0.3 is 11.1 Å². The molecule has 0 aliphatic heterocycles. The van der Waals surface area contributed by atoms with Crippen LogP contribution in [0.1, 0.15) is 57.6 Å². The van der Waals surface area contributed by atoms with E-state index in [-0.39, 0.29) is 5.91 Å². The summed E-state index contributed by atoms with van der Waals surface area (Å²) in [6, 6.07) is 6.26. The lowest BCUT2D eigenvalue weighted by molar-refractivity contribution is -0.116. The molecule has 1 aromatic carbocycles. The van der Waals surface area contributed by atoms with Gasteiger partial charge in [-0.05, 0) is 49.3 Å². The predicted molar refractivity (Wildman–Crippen MR) is 90.5 cm³/mol. The third kappa shape index (κ3) is 5.50. The monoisotopic (exact) mass is 290 g/mol. The standard InChI is InChI=1S/C18H30N2O/c1-4-14(12-13-19)10-11-17(21)20-18-15(5-2)8-7-9-16(18)6-3/h7-9,14H,4-6,10-13,19H2,1-3H3,(H,20,21). The van der Waals surface area contributed by atoms with Crippen LogP contribution >= 0.6 is 0 Å². The lowest BCUT2D eigenvalue weighted by atomic mass is 9.96. The molecule has 3 heteroatoms. The molecular formula is C18H30N2O. The number of hydrogen-bond acceptors (Lipinski definition) is 2. The fourth-order valence-electron chi connectivity index (χ4n) is 2.73. The van der Waals surface area contributed by atoms with Crippen LogP contribution in [-0.2, 0) is 17.6 Å². The van der Waals surface area contributed by atoms with Gasteiger partial charge in [0.05, 0.1) is 0 Å². The van der Waals surface area contributed by atoms with Crippen molar-refractivity contribution >= 4 is 11.6 Å². The molecule has 0 saturated carbocycles. The molecule has 0 radical (unpaired) electrons. The first-order valence-electron chi connectivity index (χ1n) is 8.26. The average Bonchev–Trinajstić information content (AvgIpc) is 2.51.